The number of hydrogen-bond donors (Lipinski definition) is 0. The molecule has 0 spiro atoms. The van der Waals surface area contributed by atoms with Crippen molar-refractivity contribution in [3.8, 4) is 5.75 Å². The summed E-state index contributed by atoms with van der Waals surface area (Å²) in [4.78, 5) is 13.6. The van der Waals surface area contributed by atoms with Gasteiger partial charge in [-0.2, -0.15) is 0 Å². The van der Waals surface area contributed by atoms with Gasteiger partial charge in [0.2, 0.25) is 5.91 Å². The number of aryl methyl sites for hydroxylation is 1. The summed E-state index contributed by atoms with van der Waals surface area (Å²) < 4.78 is 5.77. The lowest BCUT2D eigenvalue weighted by atomic mass is 10.1. The highest BCUT2D eigenvalue weighted by Gasteiger charge is 2.24. The summed E-state index contributed by atoms with van der Waals surface area (Å²) in [6, 6.07) is 6.12. The number of benzene rings is 1. The van der Waals surface area contributed by atoms with Crippen molar-refractivity contribution in [3.63, 3.8) is 0 Å². The van der Waals surface area contributed by atoms with E-state index >= 15 is 0 Å². The monoisotopic (exact) mass is 233 g/mol. The molecule has 1 amide bonds. The normalized spacial score (nSPS) is 19.6. The van der Waals surface area contributed by atoms with Crippen LogP contribution in [0.25, 0.3) is 0 Å². The molecule has 3 nitrogen and oxygen atoms in total. The molecule has 2 rings (SSSR count). The number of rotatable bonds is 2. The summed E-state index contributed by atoms with van der Waals surface area (Å²) in [5.74, 6) is 0.926. The van der Waals surface area contributed by atoms with Gasteiger partial charge in [0.15, 0.2) is 0 Å². The Hall–Kier alpha value is -1.51. The summed E-state index contributed by atoms with van der Waals surface area (Å²) in [6.45, 7) is 4.08. The predicted molar refractivity (Wildman–Crippen MR) is 68.6 cm³/mol. The molecule has 1 unspecified atom stereocenters. The van der Waals surface area contributed by atoms with E-state index in [4.69, 9.17) is 4.74 Å². The van der Waals surface area contributed by atoms with E-state index in [1.807, 2.05) is 20.0 Å². The summed E-state index contributed by atoms with van der Waals surface area (Å²) in [6.07, 6.45) is 2.52. The van der Waals surface area contributed by atoms with Gasteiger partial charge < -0.3 is 9.64 Å². The molecule has 0 fully saturated rings. The molecule has 3 heteroatoms. The first-order chi connectivity index (χ1) is 8.11. The summed E-state index contributed by atoms with van der Waals surface area (Å²) in [5.41, 5.74) is 2.15. The van der Waals surface area contributed by atoms with E-state index in [0.29, 0.717) is 6.42 Å². The van der Waals surface area contributed by atoms with Crippen LogP contribution in [0.2, 0.25) is 0 Å². The number of hydrogen-bond acceptors (Lipinski definition) is 2. The summed E-state index contributed by atoms with van der Waals surface area (Å²) >= 11 is 0. The molecule has 1 aliphatic heterocycles. The molecule has 0 saturated carbocycles. The molecule has 1 atom stereocenters. The maximum absolute atomic E-state index is 11.9. The second-order valence-corrected chi connectivity index (χ2v) is 4.64. The number of carbonyl (C=O) groups excluding carboxylic acids is 1. The number of amides is 1. The Morgan fingerprint density at radius 3 is 2.94 bits per heavy atom. The number of ether oxygens (including phenoxy) is 1. The van der Waals surface area contributed by atoms with Crippen molar-refractivity contribution in [3.05, 3.63) is 23.8 Å². The van der Waals surface area contributed by atoms with E-state index in [2.05, 4.69) is 19.1 Å². The van der Waals surface area contributed by atoms with Crippen molar-refractivity contribution >= 4 is 11.6 Å². The van der Waals surface area contributed by atoms with Crippen molar-refractivity contribution in [2.75, 3.05) is 11.9 Å². The third kappa shape index (κ3) is 2.43. The first-order valence-electron chi connectivity index (χ1n) is 6.18. The second-order valence-electron chi connectivity index (χ2n) is 4.64. The van der Waals surface area contributed by atoms with E-state index in [-0.39, 0.29) is 12.0 Å². The van der Waals surface area contributed by atoms with Gasteiger partial charge in [-0.25, -0.2) is 0 Å². The second kappa shape index (κ2) is 4.78. The van der Waals surface area contributed by atoms with Gasteiger partial charge >= 0.3 is 0 Å². The molecule has 1 aromatic carbocycles. The van der Waals surface area contributed by atoms with Gasteiger partial charge in [0.25, 0.3) is 0 Å². The lowest BCUT2D eigenvalue weighted by Crippen LogP contribution is -2.27. The van der Waals surface area contributed by atoms with Gasteiger partial charge in [-0.15, -0.1) is 0 Å². The fourth-order valence-corrected chi connectivity index (χ4v) is 2.14. The van der Waals surface area contributed by atoms with Gasteiger partial charge in [0, 0.05) is 7.05 Å². The molecule has 0 aliphatic carbocycles. The molecule has 0 radical (unpaired) electrons. The van der Waals surface area contributed by atoms with Crippen LogP contribution in [0, 0.1) is 0 Å². The predicted octanol–water partition coefficient (Wildman–Crippen LogP) is 2.77. The molecular formula is C14H19NO2. The Bertz CT molecular complexity index is 428. The minimum atomic E-state index is -0.0526. The van der Waals surface area contributed by atoms with Crippen LogP contribution in [0.5, 0.6) is 5.75 Å². The Kier molecular flexibility index (Phi) is 3.36. The molecule has 0 bridgehead atoms. The summed E-state index contributed by atoms with van der Waals surface area (Å²) in [5, 5.41) is 0. The highest BCUT2D eigenvalue weighted by Crippen LogP contribution is 2.33. The molecule has 0 saturated heterocycles. The zero-order chi connectivity index (χ0) is 12.4. The van der Waals surface area contributed by atoms with Crippen molar-refractivity contribution in [2.24, 2.45) is 0 Å². The Morgan fingerprint density at radius 1 is 1.47 bits per heavy atom. The van der Waals surface area contributed by atoms with Crippen LogP contribution in [-0.4, -0.2) is 19.1 Å². The van der Waals surface area contributed by atoms with Gasteiger partial charge in [-0.3, -0.25) is 4.79 Å². The maximum Gasteiger partial charge on any atom is 0.230 e. The lowest BCUT2D eigenvalue weighted by molar-refractivity contribution is -0.119. The molecule has 1 aliphatic rings. The van der Waals surface area contributed by atoms with Crippen molar-refractivity contribution in [1.29, 1.82) is 0 Å². The quantitative estimate of drug-likeness (QED) is 0.786. The minimum Gasteiger partial charge on any atom is -0.488 e. The number of anilines is 1. The third-order valence-corrected chi connectivity index (χ3v) is 3.09. The van der Waals surface area contributed by atoms with Crippen LogP contribution >= 0.6 is 0 Å². The molecular weight excluding hydrogens is 214 g/mol. The average Bonchev–Trinajstić information content (AvgIpc) is 2.39. The molecule has 1 heterocycles. The van der Waals surface area contributed by atoms with Crippen LogP contribution < -0.4 is 9.64 Å². The Morgan fingerprint density at radius 2 is 2.24 bits per heavy atom. The van der Waals surface area contributed by atoms with Crippen molar-refractivity contribution in [2.45, 2.75) is 39.2 Å². The first-order valence-corrected chi connectivity index (χ1v) is 6.18. The summed E-state index contributed by atoms with van der Waals surface area (Å²) in [7, 11) is 1.82. The van der Waals surface area contributed by atoms with Crippen LogP contribution in [-0.2, 0) is 11.2 Å². The van der Waals surface area contributed by atoms with E-state index in [1.54, 1.807) is 4.90 Å². The Balaban J connectivity index is 2.40. The van der Waals surface area contributed by atoms with E-state index in [9.17, 15) is 4.79 Å². The third-order valence-electron chi connectivity index (χ3n) is 3.09. The zero-order valence-electron chi connectivity index (χ0n) is 10.7. The highest BCUT2D eigenvalue weighted by atomic mass is 16.5. The van der Waals surface area contributed by atoms with Crippen molar-refractivity contribution < 1.29 is 9.53 Å². The van der Waals surface area contributed by atoms with Crippen LogP contribution in [0.3, 0.4) is 0 Å². The average molecular weight is 233 g/mol. The van der Waals surface area contributed by atoms with Crippen LogP contribution in [0.4, 0.5) is 5.69 Å². The highest BCUT2D eigenvalue weighted by molar-refractivity contribution is 5.95. The molecule has 0 N–H and O–H groups in total. The first kappa shape index (κ1) is 12.0. The molecule has 0 aromatic heterocycles. The largest absolute Gasteiger partial charge is 0.488 e. The van der Waals surface area contributed by atoms with E-state index in [0.717, 1.165) is 24.3 Å². The standard InChI is InChI=1S/C14H19NO2/c1-4-5-11-6-7-13-12(9-11)15(3)14(16)8-10(2)17-13/h6-7,9-10H,4-5,8H2,1-3H3. The number of fused-ring (bicyclic) bond motifs is 1. The van der Waals surface area contributed by atoms with Crippen molar-refractivity contribution in [1.82, 2.24) is 0 Å². The van der Waals surface area contributed by atoms with Gasteiger partial charge in [-0.05, 0) is 31.0 Å². The fraction of sp³-hybridized carbons (Fsp3) is 0.500. The van der Waals surface area contributed by atoms with Gasteiger partial charge in [0.1, 0.15) is 11.9 Å². The zero-order valence-corrected chi connectivity index (χ0v) is 10.7. The van der Waals surface area contributed by atoms with Crippen LogP contribution in [0.15, 0.2) is 18.2 Å². The molecule has 92 valence electrons. The number of carbonyl (C=O) groups is 1. The van der Waals surface area contributed by atoms with E-state index in [1.165, 1.54) is 5.56 Å². The van der Waals surface area contributed by atoms with Gasteiger partial charge in [-0.1, -0.05) is 19.4 Å². The maximum atomic E-state index is 11.9. The van der Waals surface area contributed by atoms with E-state index < -0.39 is 0 Å². The van der Waals surface area contributed by atoms with Crippen LogP contribution in [0.1, 0.15) is 32.3 Å². The molecule has 1 aromatic rings. The smallest absolute Gasteiger partial charge is 0.230 e. The fourth-order valence-electron chi connectivity index (χ4n) is 2.14. The Labute approximate surface area is 102 Å². The SMILES string of the molecule is CCCc1ccc2c(c1)N(C)C(=O)CC(C)O2. The van der Waals surface area contributed by atoms with Gasteiger partial charge in [0.05, 0.1) is 12.1 Å². The molecule has 17 heavy (non-hydrogen) atoms. The minimum absolute atomic E-state index is 0.0526. The lowest BCUT2D eigenvalue weighted by Gasteiger charge is -2.17. The number of nitrogens with zero attached hydrogens (tertiary/aromatic N) is 1. The topological polar surface area (TPSA) is 29.5 Å².